The van der Waals surface area contributed by atoms with Gasteiger partial charge in [0.2, 0.25) is 0 Å². The fourth-order valence-electron chi connectivity index (χ4n) is 0.968. The van der Waals surface area contributed by atoms with Gasteiger partial charge < -0.3 is 5.11 Å². The smallest absolute Gasteiger partial charge is 0.306 e. The van der Waals surface area contributed by atoms with Gasteiger partial charge in [0, 0.05) is 5.75 Å². The lowest BCUT2D eigenvalue weighted by atomic mass is 10.0. The van der Waals surface area contributed by atoms with Gasteiger partial charge in [0.15, 0.2) is 0 Å². The molecule has 13 heavy (non-hydrogen) atoms. The third-order valence-electron chi connectivity index (χ3n) is 2.06. The van der Waals surface area contributed by atoms with Crippen LogP contribution >= 0.6 is 0 Å². The molecule has 0 aromatic rings. The molecule has 0 saturated carbocycles. The molecule has 1 N–H and O–H groups in total. The van der Waals surface area contributed by atoms with Crippen LogP contribution in [0.2, 0.25) is 0 Å². The van der Waals surface area contributed by atoms with Gasteiger partial charge >= 0.3 is 5.97 Å². The number of aliphatic carboxylic acids is 1. The number of carbonyl (C=O) groups is 1. The monoisotopic (exact) mass is 208 g/mol. The predicted molar refractivity (Wildman–Crippen MR) is 50.4 cm³/mol. The van der Waals surface area contributed by atoms with Crippen LogP contribution in [0.3, 0.4) is 0 Å². The van der Waals surface area contributed by atoms with E-state index in [9.17, 15) is 13.2 Å². The molecule has 1 unspecified atom stereocenters. The Morgan fingerprint density at radius 3 is 2.23 bits per heavy atom. The molecule has 0 spiro atoms. The quantitative estimate of drug-likeness (QED) is 0.704. The summed E-state index contributed by atoms with van der Waals surface area (Å²) in [5, 5.41) is 8.65. The van der Waals surface area contributed by atoms with Crippen molar-refractivity contribution in [3.63, 3.8) is 0 Å². The van der Waals surface area contributed by atoms with Crippen LogP contribution in [0, 0.1) is 5.92 Å². The topological polar surface area (TPSA) is 71.4 Å². The Bertz CT molecular complexity index is 255. The van der Waals surface area contributed by atoms with Crippen molar-refractivity contribution in [1.82, 2.24) is 0 Å². The van der Waals surface area contributed by atoms with Gasteiger partial charge in [-0.15, -0.1) is 0 Å². The maximum Gasteiger partial charge on any atom is 0.306 e. The van der Waals surface area contributed by atoms with E-state index in [2.05, 4.69) is 0 Å². The Kier molecular flexibility index (Phi) is 4.98. The maximum atomic E-state index is 11.0. The highest BCUT2D eigenvalue weighted by atomic mass is 32.2. The molecule has 0 aromatic heterocycles. The summed E-state index contributed by atoms with van der Waals surface area (Å²) >= 11 is 0. The number of hydrogen-bond acceptors (Lipinski definition) is 3. The molecule has 0 bridgehead atoms. The van der Waals surface area contributed by atoms with Crippen molar-refractivity contribution in [1.29, 1.82) is 0 Å². The maximum absolute atomic E-state index is 11.0. The van der Waals surface area contributed by atoms with Crippen LogP contribution < -0.4 is 0 Å². The number of rotatable bonds is 6. The predicted octanol–water partition coefficient (Wildman–Crippen LogP) is 0.922. The van der Waals surface area contributed by atoms with Gasteiger partial charge in [0.1, 0.15) is 9.84 Å². The minimum absolute atomic E-state index is 0.0195. The minimum Gasteiger partial charge on any atom is -0.481 e. The fourth-order valence-corrected chi connectivity index (χ4v) is 1.90. The summed E-state index contributed by atoms with van der Waals surface area (Å²) in [6.45, 7) is 3.31. The van der Waals surface area contributed by atoms with Crippen molar-refractivity contribution in [3.8, 4) is 0 Å². The largest absolute Gasteiger partial charge is 0.481 e. The SMILES string of the molecule is CCC(CCS(=O)(=O)CC)C(=O)O. The van der Waals surface area contributed by atoms with E-state index in [1.54, 1.807) is 13.8 Å². The highest BCUT2D eigenvalue weighted by Gasteiger charge is 2.18. The Hall–Kier alpha value is -0.580. The summed E-state index contributed by atoms with van der Waals surface area (Å²) in [5.74, 6) is -1.37. The molecule has 0 aliphatic carbocycles. The average molecular weight is 208 g/mol. The lowest BCUT2D eigenvalue weighted by Crippen LogP contribution is -2.18. The van der Waals surface area contributed by atoms with Crippen LogP contribution in [0.25, 0.3) is 0 Å². The number of carboxylic acid groups (broad SMARTS) is 1. The zero-order chi connectivity index (χ0) is 10.5. The van der Waals surface area contributed by atoms with Crippen molar-refractivity contribution in [2.75, 3.05) is 11.5 Å². The minimum atomic E-state index is -3.02. The third-order valence-corrected chi connectivity index (χ3v) is 3.80. The number of hydrogen-bond donors (Lipinski definition) is 1. The summed E-state index contributed by atoms with van der Waals surface area (Å²) in [6.07, 6.45) is 0.705. The van der Waals surface area contributed by atoms with Gasteiger partial charge in [-0.05, 0) is 12.8 Å². The highest BCUT2D eigenvalue weighted by molar-refractivity contribution is 7.91. The first-order chi connectivity index (χ1) is 5.93. The average Bonchev–Trinajstić information content (AvgIpc) is 2.05. The molecule has 78 valence electrons. The summed E-state index contributed by atoms with van der Waals surface area (Å²) in [7, 11) is -3.02. The number of carboxylic acids is 1. The zero-order valence-corrected chi connectivity index (χ0v) is 8.80. The van der Waals surface area contributed by atoms with Crippen LogP contribution in [0.1, 0.15) is 26.7 Å². The second-order valence-corrected chi connectivity index (χ2v) is 5.44. The van der Waals surface area contributed by atoms with Gasteiger partial charge in [-0.2, -0.15) is 0 Å². The first-order valence-electron chi connectivity index (χ1n) is 4.36. The lowest BCUT2D eigenvalue weighted by molar-refractivity contribution is -0.141. The molecule has 0 aliphatic heterocycles. The van der Waals surface area contributed by atoms with Gasteiger partial charge in [-0.25, -0.2) is 8.42 Å². The van der Waals surface area contributed by atoms with Crippen molar-refractivity contribution in [3.05, 3.63) is 0 Å². The van der Waals surface area contributed by atoms with E-state index in [0.717, 1.165) is 0 Å². The second-order valence-electron chi connectivity index (χ2n) is 2.97. The zero-order valence-electron chi connectivity index (χ0n) is 7.99. The molecule has 0 aliphatic rings. The van der Waals surface area contributed by atoms with E-state index >= 15 is 0 Å². The van der Waals surface area contributed by atoms with E-state index in [1.807, 2.05) is 0 Å². The normalized spacial score (nSPS) is 14.0. The Labute approximate surface area is 78.9 Å². The summed E-state index contributed by atoms with van der Waals surface area (Å²) in [4.78, 5) is 10.5. The summed E-state index contributed by atoms with van der Waals surface area (Å²) in [5.41, 5.74) is 0. The standard InChI is InChI=1S/C8H16O4S/c1-3-7(8(9)10)5-6-13(11,12)4-2/h7H,3-6H2,1-2H3,(H,9,10). The first kappa shape index (κ1) is 12.4. The molecule has 0 amide bonds. The molecular weight excluding hydrogens is 192 g/mol. The molecule has 1 atom stereocenters. The van der Waals surface area contributed by atoms with Gasteiger partial charge in [0.05, 0.1) is 11.7 Å². The van der Waals surface area contributed by atoms with Crippen LogP contribution in [0.4, 0.5) is 0 Å². The van der Waals surface area contributed by atoms with Gasteiger partial charge in [-0.3, -0.25) is 4.79 Å². The third kappa shape index (κ3) is 4.87. The van der Waals surface area contributed by atoms with E-state index in [1.165, 1.54) is 0 Å². The van der Waals surface area contributed by atoms with Crippen LogP contribution in [-0.2, 0) is 14.6 Å². The molecule has 0 fully saturated rings. The molecule has 0 aromatic carbocycles. The lowest BCUT2D eigenvalue weighted by Gasteiger charge is -2.08. The molecule has 0 heterocycles. The summed E-state index contributed by atoms with van der Waals surface area (Å²) in [6, 6.07) is 0. The fraction of sp³-hybridized carbons (Fsp3) is 0.875. The van der Waals surface area contributed by atoms with Gasteiger partial charge in [-0.1, -0.05) is 13.8 Å². The molecule has 0 radical (unpaired) electrons. The second kappa shape index (κ2) is 5.21. The highest BCUT2D eigenvalue weighted by Crippen LogP contribution is 2.10. The van der Waals surface area contributed by atoms with Crippen molar-refractivity contribution in [2.24, 2.45) is 5.92 Å². The molecule has 5 heteroatoms. The summed E-state index contributed by atoms with van der Waals surface area (Å²) < 4.78 is 22.1. The van der Waals surface area contributed by atoms with E-state index in [0.29, 0.717) is 6.42 Å². The van der Waals surface area contributed by atoms with Crippen molar-refractivity contribution < 1.29 is 18.3 Å². The number of sulfone groups is 1. The van der Waals surface area contributed by atoms with Crippen molar-refractivity contribution in [2.45, 2.75) is 26.7 Å². The van der Waals surface area contributed by atoms with Crippen molar-refractivity contribution >= 4 is 15.8 Å². The molecule has 4 nitrogen and oxygen atoms in total. The Morgan fingerprint density at radius 1 is 1.38 bits per heavy atom. The molecule has 0 rings (SSSR count). The molecule has 0 saturated heterocycles. The van der Waals surface area contributed by atoms with E-state index < -0.39 is 21.7 Å². The molecular formula is C8H16O4S. The van der Waals surface area contributed by atoms with Gasteiger partial charge in [0.25, 0.3) is 0 Å². The first-order valence-corrected chi connectivity index (χ1v) is 6.18. The van der Waals surface area contributed by atoms with E-state index in [4.69, 9.17) is 5.11 Å². The van der Waals surface area contributed by atoms with Crippen LogP contribution in [0.5, 0.6) is 0 Å². The van der Waals surface area contributed by atoms with E-state index in [-0.39, 0.29) is 17.9 Å². The van der Waals surface area contributed by atoms with Crippen LogP contribution in [-0.4, -0.2) is 31.0 Å². The Balaban J connectivity index is 4.07. The Morgan fingerprint density at radius 2 is 1.92 bits per heavy atom. The van der Waals surface area contributed by atoms with Crippen LogP contribution in [0.15, 0.2) is 0 Å².